The molecule has 1 unspecified atom stereocenters. The lowest BCUT2D eigenvalue weighted by atomic mass is 10.1. The van der Waals surface area contributed by atoms with Crippen molar-refractivity contribution in [1.82, 2.24) is 4.90 Å². The highest BCUT2D eigenvalue weighted by Crippen LogP contribution is 2.32. The second-order valence-electron chi connectivity index (χ2n) is 4.32. The van der Waals surface area contributed by atoms with E-state index in [4.69, 9.17) is 5.11 Å². The minimum atomic E-state index is -0.840. The van der Waals surface area contributed by atoms with Gasteiger partial charge in [0.15, 0.2) is 0 Å². The fraction of sp³-hybridized carbons (Fsp3) is 0.818. The number of nitrogens with zero attached hydrogens (tertiary/aromatic N) is 1. The van der Waals surface area contributed by atoms with Crippen LogP contribution in [0.3, 0.4) is 0 Å². The zero-order valence-electron chi connectivity index (χ0n) is 9.40. The SMILES string of the molecule is CCN(CC(C)C(=O)O)C(=O)CC1CC1. The average Bonchev–Trinajstić information content (AvgIpc) is 2.96. The van der Waals surface area contributed by atoms with Gasteiger partial charge >= 0.3 is 5.97 Å². The quantitative estimate of drug-likeness (QED) is 0.724. The lowest BCUT2D eigenvalue weighted by Crippen LogP contribution is -2.36. The summed E-state index contributed by atoms with van der Waals surface area (Å²) in [5.74, 6) is -0.652. The van der Waals surface area contributed by atoms with Crippen molar-refractivity contribution in [2.24, 2.45) is 11.8 Å². The van der Waals surface area contributed by atoms with E-state index < -0.39 is 11.9 Å². The van der Waals surface area contributed by atoms with Crippen LogP contribution < -0.4 is 0 Å². The van der Waals surface area contributed by atoms with E-state index in [2.05, 4.69) is 0 Å². The maximum Gasteiger partial charge on any atom is 0.308 e. The third-order valence-electron chi connectivity index (χ3n) is 2.81. The highest BCUT2D eigenvalue weighted by Gasteiger charge is 2.27. The molecule has 0 aliphatic heterocycles. The van der Waals surface area contributed by atoms with E-state index in [-0.39, 0.29) is 5.91 Å². The number of aliphatic carboxylic acids is 1. The van der Waals surface area contributed by atoms with Crippen molar-refractivity contribution in [1.29, 1.82) is 0 Å². The van der Waals surface area contributed by atoms with Crippen LogP contribution >= 0.6 is 0 Å². The molecule has 1 atom stereocenters. The fourth-order valence-electron chi connectivity index (χ4n) is 1.51. The maximum absolute atomic E-state index is 11.7. The first-order valence-corrected chi connectivity index (χ1v) is 5.55. The molecular weight excluding hydrogens is 194 g/mol. The highest BCUT2D eigenvalue weighted by molar-refractivity contribution is 5.78. The van der Waals surface area contributed by atoms with Gasteiger partial charge < -0.3 is 10.0 Å². The standard InChI is InChI=1S/C11H19NO3/c1-3-12(7-8(2)11(14)15)10(13)6-9-4-5-9/h8-9H,3-7H2,1-2H3,(H,14,15). The largest absolute Gasteiger partial charge is 0.481 e. The average molecular weight is 213 g/mol. The summed E-state index contributed by atoms with van der Waals surface area (Å²) < 4.78 is 0. The van der Waals surface area contributed by atoms with Crippen LogP contribution in [-0.2, 0) is 9.59 Å². The molecule has 1 amide bonds. The Hall–Kier alpha value is -1.06. The molecule has 1 aliphatic carbocycles. The molecule has 0 bridgehead atoms. The topological polar surface area (TPSA) is 57.6 Å². The molecule has 0 aromatic heterocycles. The summed E-state index contributed by atoms with van der Waals surface area (Å²) >= 11 is 0. The van der Waals surface area contributed by atoms with Crippen LogP contribution in [0.4, 0.5) is 0 Å². The van der Waals surface area contributed by atoms with Crippen LogP contribution in [0.25, 0.3) is 0 Å². The number of amides is 1. The van der Waals surface area contributed by atoms with Gasteiger partial charge in [0.05, 0.1) is 5.92 Å². The van der Waals surface area contributed by atoms with Crippen molar-refractivity contribution >= 4 is 11.9 Å². The van der Waals surface area contributed by atoms with Crippen LogP contribution in [0.15, 0.2) is 0 Å². The van der Waals surface area contributed by atoms with E-state index in [0.29, 0.717) is 25.4 Å². The van der Waals surface area contributed by atoms with Gasteiger partial charge in [-0.05, 0) is 25.7 Å². The number of carboxylic acids is 1. The number of rotatable bonds is 6. The minimum Gasteiger partial charge on any atom is -0.481 e. The number of carboxylic acid groups (broad SMARTS) is 1. The molecule has 1 rings (SSSR count). The van der Waals surface area contributed by atoms with Crippen molar-refractivity contribution in [3.05, 3.63) is 0 Å². The zero-order valence-corrected chi connectivity index (χ0v) is 9.40. The van der Waals surface area contributed by atoms with E-state index >= 15 is 0 Å². The summed E-state index contributed by atoms with van der Waals surface area (Å²) in [6.07, 6.45) is 2.90. The van der Waals surface area contributed by atoms with Gasteiger partial charge in [-0.25, -0.2) is 0 Å². The summed E-state index contributed by atoms with van der Waals surface area (Å²) in [7, 11) is 0. The molecule has 0 heterocycles. The molecule has 1 fully saturated rings. The van der Waals surface area contributed by atoms with Gasteiger partial charge in [0.2, 0.25) is 5.91 Å². The van der Waals surface area contributed by atoms with Crippen LogP contribution in [0.1, 0.15) is 33.1 Å². The Balaban J connectivity index is 2.38. The van der Waals surface area contributed by atoms with Crippen LogP contribution in [0.2, 0.25) is 0 Å². The lowest BCUT2D eigenvalue weighted by molar-refractivity contribution is -0.143. The summed E-state index contributed by atoms with van der Waals surface area (Å²) in [6.45, 7) is 4.45. The van der Waals surface area contributed by atoms with E-state index in [0.717, 1.165) is 12.8 Å². The summed E-state index contributed by atoms with van der Waals surface area (Å²) in [5.41, 5.74) is 0. The van der Waals surface area contributed by atoms with Gasteiger partial charge in [-0.1, -0.05) is 6.92 Å². The molecule has 0 saturated heterocycles. The van der Waals surface area contributed by atoms with Crippen LogP contribution in [-0.4, -0.2) is 35.0 Å². The molecule has 4 heteroatoms. The molecule has 4 nitrogen and oxygen atoms in total. The highest BCUT2D eigenvalue weighted by atomic mass is 16.4. The number of hydrogen-bond donors (Lipinski definition) is 1. The van der Waals surface area contributed by atoms with Gasteiger partial charge in [0.25, 0.3) is 0 Å². The first-order chi connectivity index (χ1) is 7.04. The molecule has 0 radical (unpaired) electrons. The Morgan fingerprint density at radius 3 is 2.47 bits per heavy atom. The van der Waals surface area contributed by atoms with Crippen molar-refractivity contribution in [3.63, 3.8) is 0 Å². The van der Waals surface area contributed by atoms with Gasteiger partial charge in [-0.15, -0.1) is 0 Å². The molecule has 0 aromatic rings. The molecule has 0 spiro atoms. The van der Waals surface area contributed by atoms with E-state index in [1.54, 1.807) is 11.8 Å². The monoisotopic (exact) mass is 213 g/mol. The van der Waals surface area contributed by atoms with E-state index in [1.807, 2.05) is 6.92 Å². The summed E-state index contributed by atoms with van der Waals surface area (Å²) in [4.78, 5) is 24.0. The number of hydrogen-bond acceptors (Lipinski definition) is 2. The number of carbonyl (C=O) groups excluding carboxylic acids is 1. The van der Waals surface area contributed by atoms with Crippen molar-refractivity contribution in [3.8, 4) is 0 Å². The van der Waals surface area contributed by atoms with E-state index in [9.17, 15) is 9.59 Å². The predicted molar refractivity (Wildman–Crippen MR) is 56.4 cm³/mol. The smallest absolute Gasteiger partial charge is 0.308 e. The molecular formula is C11H19NO3. The van der Waals surface area contributed by atoms with Crippen molar-refractivity contribution in [2.75, 3.05) is 13.1 Å². The molecule has 1 aliphatic rings. The Kier molecular flexibility index (Phi) is 4.12. The summed E-state index contributed by atoms with van der Waals surface area (Å²) in [6, 6.07) is 0. The summed E-state index contributed by atoms with van der Waals surface area (Å²) in [5, 5.41) is 8.76. The second kappa shape index (κ2) is 5.14. The van der Waals surface area contributed by atoms with Gasteiger partial charge in [-0.2, -0.15) is 0 Å². The van der Waals surface area contributed by atoms with Gasteiger partial charge in [-0.3, -0.25) is 9.59 Å². The maximum atomic E-state index is 11.7. The molecule has 1 N–H and O–H groups in total. The van der Waals surface area contributed by atoms with Crippen LogP contribution in [0.5, 0.6) is 0 Å². The van der Waals surface area contributed by atoms with Gasteiger partial charge in [0.1, 0.15) is 0 Å². The molecule has 1 saturated carbocycles. The second-order valence-corrected chi connectivity index (χ2v) is 4.32. The van der Waals surface area contributed by atoms with Crippen LogP contribution in [0, 0.1) is 11.8 Å². The molecule has 86 valence electrons. The fourth-order valence-corrected chi connectivity index (χ4v) is 1.51. The normalized spacial score (nSPS) is 17.2. The van der Waals surface area contributed by atoms with Crippen molar-refractivity contribution in [2.45, 2.75) is 33.1 Å². The third-order valence-corrected chi connectivity index (χ3v) is 2.81. The molecule has 15 heavy (non-hydrogen) atoms. The van der Waals surface area contributed by atoms with Gasteiger partial charge in [0, 0.05) is 19.5 Å². The minimum absolute atomic E-state index is 0.105. The van der Waals surface area contributed by atoms with E-state index in [1.165, 1.54) is 0 Å². The Morgan fingerprint density at radius 2 is 2.07 bits per heavy atom. The number of carbonyl (C=O) groups is 2. The van der Waals surface area contributed by atoms with Crippen molar-refractivity contribution < 1.29 is 14.7 Å². The first kappa shape index (κ1) is 12.0. The zero-order chi connectivity index (χ0) is 11.4. The lowest BCUT2D eigenvalue weighted by Gasteiger charge is -2.22. The Morgan fingerprint density at radius 1 is 1.47 bits per heavy atom. The Labute approximate surface area is 90.3 Å². The molecule has 0 aromatic carbocycles. The Bertz CT molecular complexity index is 248. The first-order valence-electron chi connectivity index (χ1n) is 5.55. The third kappa shape index (κ3) is 3.90. The predicted octanol–water partition coefficient (Wildman–Crippen LogP) is 1.36.